The molecule has 0 atom stereocenters. The molecular formula is C16H16ClN3O4. The van der Waals surface area contributed by atoms with Crippen molar-refractivity contribution < 1.29 is 24.8 Å². The van der Waals surface area contributed by atoms with E-state index in [1.165, 1.54) is 0 Å². The highest BCUT2D eigenvalue weighted by Gasteiger charge is 2.06. The lowest BCUT2D eigenvalue weighted by Gasteiger charge is -2.11. The highest BCUT2D eigenvalue weighted by atomic mass is 35.5. The summed E-state index contributed by atoms with van der Waals surface area (Å²) in [7, 11) is 0. The first-order valence-corrected chi connectivity index (χ1v) is 7.11. The molecule has 8 heteroatoms. The van der Waals surface area contributed by atoms with Gasteiger partial charge in [0.25, 0.3) is 5.78 Å². The summed E-state index contributed by atoms with van der Waals surface area (Å²) in [5, 5.41) is 20.1. The molecular weight excluding hydrogens is 334 g/mol. The van der Waals surface area contributed by atoms with E-state index < -0.39 is 17.5 Å². The third-order valence-electron chi connectivity index (χ3n) is 2.69. The topological polar surface area (TPSA) is 130 Å². The summed E-state index contributed by atoms with van der Waals surface area (Å²) in [6.07, 6.45) is 0.576. The fraction of sp³-hybridized carbons (Fsp3) is 0.125. The largest absolute Gasteiger partial charge is 0.872 e. The predicted molar refractivity (Wildman–Crippen MR) is 86.8 cm³/mol. The van der Waals surface area contributed by atoms with Gasteiger partial charge in [0.2, 0.25) is 0 Å². The Morgan fingerprint density at radius 1 is 1.29 bits per heavy atom. The first-order valence-electron chi connectivity index (χ1n) is 6.74. The number of hydrogen-bond donors (Lipinski definition) is 2. The van der Waals surface area contributed by atoms with Crippen molar-refractivity contribution in [3.8, 4) is 0 Å². The van der Waals surface area contributed by atoms with E-state index in [9.17, 15) is 14.7 Å². The molecule has 1 aromatic carbocycles. The Hall–Kier alpha value is -2.93. The number of H-pyrrole nitrogens is 1. The SMILES string of the molecule is Cc1cc(Cl)[nH+]c(N)n1.Cc1ccc(/C([O-])=C/C(=O)C(=O)O)cc1. The molecule has 1 heterocycles. The zero-order valence-corrected chi connectivity index (χ0v) is 13.8. The standard InChI is InChI=1S/C11H10O4.C5H6ClN3/c1-7-2-4-8(5-3-7)9(12)6-10(13)11(14)15;1-3-2-4(6)9-5(7)8-3/h2-6,12H,1H3,(H,14,15);2H,1H3,(H2,7,8,9)/b9-6-;. The van der Waals surface area contributed by atoms with Gasteiger partial charge in [-0.3, -0.25) is 10.5 Å². The molecule has 0 radical (unpaired) electrons. The number of hydrogen-bond acceptors (Lipinski definition) is 5. The van der Waals surface area contributed by atoms with Crippen molar-refractivity contribution in [2.75, 3.05) is 5.73 Å². The van der Waals surface area contributed by atoms with Crippen LogP contribution in [0.2, 0.25) is 5.15 Å². The summed E-state index contributed by atoms with van der Waals surface area (Å²) in [6.45, 7) is 3.69. The Labute approximate surface area is 143 Å². The molecule has 126 valence electrons. The van der Waals surface area contributed by atoms with Gasteiger partial charge in [-0.05, 0) is 37.1 Å². The van der Waals surface area contributed by atoms with Crippen molar-refractivity contribution in [1.82, 2.24) is 4.98 Å². The van der Waals surface area contributed by atoms with Gasteiger partial charge in [-0.15, -0.1) is 0 Å². The monoisotopic (exact) mass is 349 g/mol. The molecule has 0 bridgehead atoms. The molecule has 0 fully saturated rings. The number of carbonyl (C=O) groups is 2. The fourth-order valence-corrected chi connectivity index (χ4v) is 1.83. The number of carboxylic acid groups (broad SMARTS) is 1. The van der Waals surface area contributed by atoms with Crippen molar-refractivity contribution in [1.29, 1.82) is 0 Å². The van der Waals surface area contributed by atoms with E-state index in [-0.39, 0.29) is 0 Å². The van der Waals surface area contributed by atoms with Gasteiger partial charge in [0.05, 0.1) is 0 Å². The van der Waals surface area contributed by atoms with Gasteiger partial charge in [0, 0.05) is 6.07 Å². The highest BCUT2D eigenvalue weighted by molar-refractivity contribution is 6.38. The molecule has 0 saturated heterocycles. The quantitative estimate of drug-likeness (QED) is 0.364. The third-order valence-corrected chi connectivity index (χ3v) is 2.89. The smallest absolute Gasteiger partial charge is 0.388 e. The second-order valence-corrected chi connectivity index (χ2v) is 5.21. The predicted octanol–water partition coefficient (Wildman–Crippen LogP) is 0.790. The number of carboxylic acids is 1. The highest BCUT2D eigenvalue weighted by Crippen LogP contribution is 2.09. The fourth-order valence-electron chi connectivity index (χ4n) is 1.57. The van der Waals surface area contributed by atoms with Crippen LogP contribution in [0.4, 0.5) is 5.95 Å². The van der Waals surface area contributed by atoms with Gasteiger partial charge in [0.1, 0.15) is 5.69 Å². The first kappa shape index (κ1) is 19.1. The number of nitrogens with zero attached hydrogens (tertiary/aromatic N) is 1. The molecule has 1 aromatic heterocycles. The van der Waals surface area contributed by atoms with Crippen LogP contribution < -0.4 is 15.8 Å². The molecule has 0 spiro atoms. The summed E-state index contributed by atoms with van der Waals surface area (Å²) in [6, 6.07) is 8.23. The second-order valence-electron chi connectivity index (χ2n) is 4.80. The summed E-state index contributed by atoms with van der Waals surface area (Å²) in [5.41, 5.74) is 7.41. The summed E-state index contributed by atoms with van der Waals surface area (Å²) < 4.78 is 0. The average Bonchev–Trinajstić information content (AvgIpc) is 2.46. The summed E-state index contributed by atoms with van der Waals surface area (Å²) >= 11 is 5.57. The van der Waals surface area contributed by atoms with Gasteiger partial charge in [-0.25, -0.2) is 9.78 Å². The van der Waals surface area contributed by atoms with Gasteiger partial charge >= 0.3 is 11.9 Å². The number of aliphatic carboxylic acids is 1. The van der Waals surface area contributed by atoms with Crippen molar-refractivity contribution in [2.45, 2.75) is 13.8 Å². The molecule has 24 heavy (non-hydrogen) atoms. The lowest BCUT2D eigenvalue weighted by atomic mass is 10.1. The van der Waals surface area contributed by atoms with E-state index in [0.29, 0.717) is 22.7 Å². The number of nitrogen functional groups attached to an aromatic ring is 1. The van der Waals surface area contributed by atoms with E-state index in [0.717, 1.165) is 11.3 Å². The number of anilines is 1. The average molecular weight is 350 g/mol. The van der Waals surface area contributed by atoms with Gasteiger partial charge < -0.3 is 10.2 Å². The van der Waals surface area contributed by atoms with Crippen LogP contribution in [0.1, 0.15) is 16.8 Å². The number of benzene rings is 1. The van der Waals surface area contributed by atoms with E-state index in [1.807, 2.05) is 13.8 Å². The molecule has 7 nitrogen and oxygen atoms in total. The van der Waals surface area contributed by atoms with Gasteiger partial charge in [0.15, 0.2) is 5.15 Å². The molecule has 0 saturated carbocycles. The minimum Gasteiger partial charge on any atom is -0.872 e. The van der Waals surface area contributed by atoms with Crippen LogP contribution in [0.3, 0.4) is 0 Å². The number of carbonyl (C=O) groups excluding carboxylic acids is 1. The van der Waals surface area contributed by atoms with E-state index >= 15 is 0 Å². The van der Waals surface area contributed by atoms with E-state index in [2.05, 4.69) is 9.97 Å². The number of ketones is 1. The summed E-state index contributed by atoms with van der Waals surface area (Å²) in [5.74, 6) is -3.08. The number of halogens is 1. The number of aromatic nitrogens is 2. The minimum absolute atomic E-state index is 0.301. The normalized spacial score (nSPS) is 10.5. The van der Waals surface area contributed by atoms with Crippen LogP contribution in [0.5, 0.6) is 0 Å². The van der Waals surface area contributed by atoms with Crippen LogP contribution >= 0.6 is 11.6 Å². The molecule has 4 N–H and O–H groups in total. The van der Waals surface area contributed by atoms with E-state index in [4.69, 9.17) is 22.4 Å². The lowest BCUT2D eigenvalue weighted by Crippen LogP contribution is -2.13. The number of nitrogens with one attached hydrogen (secondary N) is 1. The Bertz CT molecular complexity index is 723. The number of aromatic amines is 1. The molecule has 0 aliphatic carbocycles. The van der Waals surface area contributed by atoms with Crippen LogP contribution in [-0.4, -0.2) is 21.8 Å². The Kier molecular flexibility index (Phi) is 6.88. The zero-order chi connectivity index (χ0) is 18.3. The maximum absolute atomic E-state index is 11.3. The molecule has 0 aliphatic heterocycles. The molecule has 2 aromatic rings. The van der Waals surface area contributed by atoms with Crippen LogP contribution in [0, 0.1) is 13.8 Å². The Morgan fingerprint density at radius 2 is 1.88 bits per heavy atom. The van der Waals surface area contributed by atoms with Crippen LogP contribution in [0.15, 0.2) is 36.4 Å². The zero-order valence-electron chi connectivity index (χ0n) is 13.0. The minimum atomic E-state index is -1.63. The number of aryl methyl sites for hydroxylation is 2. The van der Waals surface area contributed by atoms with Crippen molar-refractivity contribution in [2.24, 2.45) is 0 Å². The van der Waals surface area contributed by atoms with Gasteiger partial charge in [-0.1, -0.05) is 40.6 Å². The molecule has 0 aliphatic rings. The third kappa shape index (κ3) is 6.45. The maximum Gasteiger partial charge on any atom is 0.388 e. The van der Waals surface area contributed by atoms with Crippen molar-refractivity contribution in [3.05, 3.63) is 58.4 Å². The molecule has 0 unspecified atom stereocenters. The molecule has 2 rings (SSSR count). The number of nitrogens with two attached hydrogens (primary N) is 1. The van der Waals surface area contributed by atoms with Crippen molar-refractivity contribution in [3.63, 3.8) is 0 Å². The summed E-state index contributed by atoms with van der Waals surface area (Å²) in [4.78, 5) is 27.4. The molecule has 0 amide bonds. The first-order chi connectivity index (χ1) is 11.2. The van der Waals surface area contributed by atoms with E-state index in [1.54, 1.807) is 30.3 Å². The second kappa shape index (κ2) is 8.64. The number of rotatable bonds is 3. The maximum atomic E-state index is 11.3. The Morgan fingerprint density at radius 3 is 2.33 bits per heavy atom. The lowest BCUT2D eigenvalue weighted by molar-refractivity contribution is -0.361. The van der Waals surface area contributed by atoms with Crippen molar-refractivity contribution >= 4 is 35.1 Å². The van der Waals surface area contributed by atoms with Gasteiger partial charge in [-0.2, -0.15) is 0 Å². The van der Waals surface area contributed by atoms with Crippen LogP contribution in [-0.2, 0) is 9.59 Å². The van der Waals surface area contributed by atoms with Crippen LogP contribution in [0.25, 0.3) is 5.76 Å². The Balaban J connectivity index is 0.000000272.